The van der Waals surface area contributed by atoms with Crippen molar-refractivity contribution in [2.75, 3.05) is 31.1 Å². The minimum atomic E-state index is -0.487. The summed E-state index contributed by atoms with van der Waals surface area (Å²) in [5.74, 6) is 0.972. The normalized spacial score (nSPS) is 15.4. The van der Waals surface area contributed by atoms with E-state index in [9.17, 15) is 4.79 Å². The Kier molecular flexibility index (Phi) is 5.58. The molecule has 1 saturated heterocycles. The van der Waals surface area contributed by atoms with Crippen LogP contribution in [0.5, 0.6) is 0 Å². The maximum atomic E-state index is 12.2. The summed E-state index contributed by atoms with van der Waals surface area (Å²) in [6.45, 7) is 8.08. The number of rotatable bonds is 2. The van der Waals surface area contributed by atoms with Crippen LogP contribution in [0.1, 0.15) is 26.5 Å². The van der Waals surface area contributed by atoms with Crippen molar-refractivity contribution in [1.82, 2.24) is 14.9 Å². The highest BCUT2D eigenvalue weighted by Crippen LogP contribution is 2.25. The lowest BCUT2D eigenvalue weighted by Crippen LogP contribution is -2.50. The molecule has 6 nitrogen and oxygen atoms in total. The Balaban J connectivity index is 1.75. The fraction of sp³-hybridized carbons (Fsp3) is 0.500. The van der Waals surface area contributed by atoms with Crippen molar-refractivity contribution in [2.24, 2.45) is 0 Å². The smallest absolute Gasteiger partial charge is 0.410 e. The average molecular weight is 442 g/mol. The van der Waals surface area contributed by atoms with Gasteiger partial charge in [0, 0.05) is 36.0 Å². The number of piperazine rings is 1. The van der Waals surface area contributed by atoms with Crippen LogP contribution >= 0.6 is 27.5 Å². The zero-order valence-electron chi connectivity index (χ0n) is 15.1. The van der Waals surface area contributed by atoms with E-state index in [1.54, 1.807) is 4.90 Å². The summed E-state index contributed by atoms with van der Waals surface area (Å²) in [6.07, 6.45) is -0.275. The molecule has 1 fully saturated rings. The Hall–Kier alpha value is -1.60. The lowest BCUT2D eigenvalue weighted by Gasteiger charge is -2.35. The van der Waals surface area contributed by atoms with Crippen LogP contribution in [0.25, 0.3) is 10.9 Å². The molecule has 2 heterocycles. The zero-order chi connectivity index (χ0) is 18.9. The van der Waals surface area contributed by atoms with Gasteiger partial charge < -0.3 is 14.5 Å². The van der Waals surface area contributed by atoms with Crippen LogP contribution in [0.15, 0.2) is 22.7 Å². The van der Waals surface area contributed by atoms with Gasteiger partial charge in [-0.1, -0.05) is 15.9 Å². The number of amides is 1. The first-order valence-electron chi connectivity index (χ1n) is 8.52. The second-order valence-electron chi connectivity index (χ2n) is 7.22. The Morgan fingerprint density at radius 2 is 1.92 bits per heavy atom. The van der Waals surface area contributed by atoms with Crippen LogP contribution in [0.2, 0.25) is 0 Å². The monoisotopic (exact) mass is 440 g/mol. The number of carbonyl (C=O) groups excluding carboxylic acids is 1. The molecule has 0 N–H and O–H groups in total. The molecule has 0 atom stereocenters. The Morgan fingerprint density at radius 3 is 2.54 bits per heavy atom. The minimum absolute atomic E-state index is 0.275. The van der Waals surface area contributed by atoms with Crippen LogP contribution in [-0.2, 0) is 10.6 Å². The molecule has 0 spiro atoms. The first-order chi connectivity index (χ1) is 12.3. The number of alkyl halides is 1. The van der Waals surface area contributed by atoms with E-state index in [-0.39, 0.29) is 6.09 Å². The minimum Gasteiger partial charge on any atom is -0.444 e. The molecule has 3 rings (SSSR count). The summed E-state index contributed by atoms with van der Waals surface area (Å²) < 4.78 is 6.41. The summed E-state index contributed by atoms with van der Waals surface area (Å²) in [5.41, 5.74) is 1.19. The maximum absolute atomic E-state index is 12.2. The third-order valence-electron chi connectivity index (χ3n) is 4.07. The highest BCUT2D eigenvalue weighted by molar-refractivity contribution is 9.10. The molecule has 1 aliphatic heterocycles. The van der Waals surface area contributed by atoms with E-state index in [1.165, 1.54) is 0 Å². The van der Waals surface area contributed by atoms with Crippen molar-refractivity contribution in [3.05, 3.63) is 28.4 Å². The fourth-order valence-corrected chi connectivity index (χ4v) is 3.37. The predicted molar refractivity (Wildman–Crippen MR) is 107 cm³/mol. The number of benzene rings is 1. The van der Waals surface area contributed by atoms with Crippen LogP contribution in [0, 0.1) is 0 Å². The third-order valence-corrected chi connectivity index (χ3v) is 4.81. The molecular formula is C18H22BrClN4O2. The van der Waals surface area contributed by atoms with Crippen LogP contribution < -0.4 is 4.90 Å². The molecule has 1 aromatic carbocycles. The van der Waals surface area contributed by atoms with Gasteiger partial charge in [0.25, 0.3) is 0 Å². The molecule has 0 aliphatic carbocycles. The third kappa shape index (κ3) is 4.38. The Bertz CT molecular complexity index is 817. The summed E-state index contributed by atoms with van der Waals surface area (Å²) in [5, 5.41) is 0.950. The number of carbonyl (C=O) groups is 1. The van der Waals surface area contributed by atoms with Crippen molar-refractivity contribution in [1.29, 1.82) is 0 Å². The van der Waals surface area contributed by atoms with Crippen LogP contribution in [0.3, 0.4) is 0 Å². The fourth-order valence-electron chi connectivity index (χ4n) is 2.81. The maximum Gasteiger partial charge on any atom is 0.410 e. The van der Waals surface area contributed by atoms with Crippen molar-refractivity contribution in [2.45, 2.75) is 32.3 Å². The first-order valence-corrected chi connectivity index (χ1v) is 9.84. The molecule has 2 aromatic rings. The number of ether oxygens (including phenoxy) is 1. The molecule has 1 amide bonds. The van der Waals surface area contributed by atoms with Gasteiger partial charge >= 0.3 is 6.09 Å². The Labute approximate surface area is 166 Å². The van der Waals surface area contributed by atoms with Crippen molar-refractivity contribution in [3.8, 4) is 0 Å². The van der Waals surface area contributed by atoms with E-state index in [4.69, 9.17) is 16.3 Å². The summed E-state index contributed by atoms with van der Waals surface area (Å²) in [4.78, 5) is 25.3. The van der Waals surface area contributed by atoms with Crippen molar-refractivity contribution in [3.63, 3.8) is 0 Å². The van der Waals surface area contributed by atoms with Crippen molar-refractivity contribution < 1.29 is 9.53 Å². The summed E-state index contributed by atoms with van der Waals surface area (Å²) in [7, 11) is 0. The highest BCUT2D eigenvalue weighted by Gasteiger charge is 2.27. The SMILES string of the molecule is CC(C)(C)OC(=O)N1CCN(c2nc(CCl)c3cc(Br)ccc3n2)CC1. The van der Waals surface area contributed by atoms with Gasteiger partial charge in [-0.3, -0.25) is 0 Å². The highest BCUT2D eigenvalue weighted by atomic mass is 79.9. The number of hydrogen-bond acceptors (Lipinski definition) is 5. The quantitative estimate of drug-likeness (QED) is 0.654. The second-order valence-corrected chi connectivity index (χ2v) is 8.40. The van der Waals surface area contributed by atoms with Crippen molar-refractivity contribution >= 4 is 50.5 Å². The standard InChI is InChI=1S/C18H22BrClN4O2/c1-18(2,3)26-17(25)24-8-6-23(7-9-24)16-21-14-5-4-12(19)10-13(14)15(11-20)22-16/h4-5,10H,6-9,11H2,1-3H3. The van der Waals surface area contributed by atoms with Gasteiger partial charge in [-0.05, 0) is 39.0 Å². The van der Waals surface area contributed by atoms with Gasteiger partial charge in [0.15, 0.2) is 0 Å². The number of nitrogens with zero attached hydrogens (tertiary/aromatic N) is 4. The second kappa shape index (κ2) is 7.56. The first kappa shape index (κ1) is 19.2. The van der Waals surface area contributed by atoms with E-state index in [2.05, 4.69) is 30.8 Å². The van der Waals surface area contributed by atoms with Crippen LogP contribution in [-0.4, -0.2) is 52.7 Å². The molecule has 1 aliphatic rings. The number of halogens is 2. The summed E-state index contributed by atoms with van der Waals surface area (Å²) in [6, 6.07) is 5.90. The lowest BCUT2D eigenvalue weighted by molar-refractivity contribution is 0.0240. The molecular weight excluding hydrogens is 420 g/mol. The van der Waals surface area contributed by atoms with Gasteiger partial charge in [-0.25, -0.2) is 14.8 Å². The van der Waals surface area contributed by atoms with Gasteiger partial charge in [0.2, 0.25) is 5.95 Å². The van der Waals surface area contributed by atoms with Gasteiger partial charge in [-0.15, -0.1) is 11.6 Å². The molecule has 0 unspecified atom stereocenters. The average Bonchev–Trinajstić information content (AvgIpc) is 2.59. The number of hydrogen-bond donors (Lipinski definition) is 0. The Morgan fingerprint density at radius 1 is 1.23 bits per heavy atom. The van der Waals surface area contributed by atoms with E-state index >= 15 is 0 Å². The molecule has 0 saturated carbocycles. The zero-order valence-corrected chi connectivity index (χ0v) is 17.5. The number of anilines is 1. The molecule has 0 radical (unpaired) electrons. The number of fused-ring (bicyclic) bond motifs is 1. The van der Waals surface area contributed by atoms with E-state index < -0.39 is 5.60 Å². The number of aromatic nitrogens is 2. The topological polar surface area (TPSA) is 58.6 Å². The molecule has 0 bridgehead atoms. The molecule has 1 aromatic heterocycles. The largest absolute Gasteiger partial charge is 0.444 e. The van der Waals surface area contributed by atoms with E-state index in [0.29, 0.717) is 38.0 Å². The molecule has 26 heavy (non-hydrogen) atoms. The molecule has 140 valence electrons. The van der Waals surface area contributed by atoms with Gasteiger partial charge in [0.05, 0.1) is 17.1 Å². The van der Waals surface area contributed by atoms with Gasteiger partial charge in [0.1, 0.15) is 5.60 Å². The van der Waals surface area contributed by atoms with E-state index in [0.717, 1.165) is 21.1 Å². The van der Waals surface area contributed by atoms with Gasteiger partial charge in [-0.2, -0.15) is 0 Å². The van der Waals surface area contributed by atoms with E-state index in [1.807, 2.05) is 39.0 Å². The lowest BCUT2D eigenvalue weighted by atomic mass is 10.2. The predicted octanol–water partition coefficient (Wildman–Crippen LogP) is 4.19. The molecule has 8 heteroatoms. The van der Waals surface area contributed by atoms with Crippen LogP contribution in [0.4, 0.5) is 10.7 Å². The summed E-state index contributed by atoms with van der Waals surface area (Å²) >= 11 is 9.58.